The van der Waals surface area contributed by atoms with Crippen molar-refractivity contribution in [2.24, 2.45) is 0 Å². The Morgan fingerprint density at radius 1 is 1.53 bits per heavy atom. The highest BCUT2D eigenvalue weighted by Gasteiger charge is 2.13. The van der Waals surface area contributed by atoms with E-state index in [9.17, 15) is 0 Å². The third-order valence-corrected chi connectivity index (χ3v) is 3.27. The number of rotatable bonds is 5. The van der Waals surface area contributed by atoms with Crippen molar-refractivity contribution in [1.29, 1.82) is 5.26 Å². The van der Waals surface area contributed by atoms with Gasteiger partial charge < -0.3 is 5.11 Å². The number of hydrogen-bond donors (Lipinski definition) is 1. The molecule has 0 amide bonds. The Bertz CT molecular complexity index is 512. The molecule has 0 aromatic carbocycles. The molecule has 17 heavy (non-hydrogen) atoms. The van der Waals surface area contributed by atoms with Crippen LogP contribution in [-0.4, -0.2) is 26.7 Å². The minimum absolute atomic E-state index is 0.111. The number of aromatic nitrogens is 3. The minimum atomic E-state index is 0.111. The summed E-state index contributed by atoms with van der Waals surface area (Å²) in [6, 6.07) is 6.06. The van der Waals surface area contributed by atoms with Crippen LogP contribution in [0.5, 0.6) is 0 Å². The van der Waals surface area contributed by atoms with Gasteiger partial charge in [0.25, 0.3) is 0 Å². The molecule has 0 saturated carbocycles. The largest absolute Gasteiger partial charge is 0.396 e. The Kier molecular flexibility index (Phi) is 3.85. The summed E-state index contributed by atoms with van der Waals surface area (Å²) >= 11 is 1.65. The molecule has 0 spiro atoms. The standard InChI is InChI=1S/C11H12N4OS/c12-8-10-11(7-9-3-1-6-17-9)15(14-13-10)4-2-5-16/h1,3,6,16H,2,4-5,7H2. The number of nitrogens with zero attached hydrogens (tertiary/aromatic N) is 4. The zero-order valence-corrected chi connectivity index (χ0v) is 10.0. The van der Waals surface area contributed by atoms with Gasteiger partial charge in [-0.05, 0) is 17.9 Å². The molecule has 1 N–H and O–H groups in total. The smallest absolute Gasteiger partial charge is 0.186 e. The van der Waals surface area contributed by atoms with Crippen molar-refractivity contribution in [3.8, 4) is 6.07 Å². The molecule has 5 nitrogen and oxygen atoms in total. The summed E-state index contributed by atoms with van der Waals surface area (Å²) in [4.78, 5) is 1.18. The van der Waals surface area contributed by atoms with Gasteiger partial charge in [0, 0.05) is 24.4 Å². The Balaban J connectivity index is 2.23. The predicted molar refractivity (Wildman–Crippen MR) is 63.6 cm³/mol. The summed E-state index contributed by atoms with van der Waals surface area (Å²) in [5.41, 5.74) is 1.19. The van der Waals surface area contributed by atoms with Crippen LogP contribution in [-0.2, 0) is 13.0 Å². The second-order valence-corrected chi connectivity index (χ2v) is 4.59. The molecule has 6 heteroatoms. The lowest BCUT2D eigenvalue weighted by Gasteiger charge is -2.04. The van der Waals surface area contributed by atoms with E-state index in [1.54, 1.807) is 16.0 Å². The second kappa shape index (κ2) is 5.57. The molecule has 0 aliphatic carbocycles. The SMILES string of the molecule is N#Cc1nnn(CCCO)c1Cc1cccs1. The summed E-state index contributed by atoms with van der Waals surface area (Å²) in [5.74, 6) is 0. The molecule has 2 aromatic heterocycles. The van der Waals surface area contributed by atoms with Gasteiger partial charge in [-0.25, -0.2) is 4.68 Å². The zero-order chi connectivity index (χ0) is 12.1. The average Bonchev–Trinajstić information content (AvgIpc) is 2.97. The van der Waals surface area contributed by atoms with Crippen LogP contribution in [0.3, 0.4) is 0 Å². The van der Waals surface area contributed by atoms with Gasteiger partial charge in [0.15, 0.2) is 5.69 Å². The molecule has 0 aliphatic heterocycles. The van der Waals surface area contributed by atoms with Crippen molar-refractivity contribution in [2.75, 3.05) is 6.61 Å². The van der Waals surface area contributed by atoms with Crippen LogP contribution in [0.4, 0.5) is 0 Å². The first-order chi connectivity index (χ1) is 8.35. The number of aryl methyl sites for hydroxylation is 1. The summed E-state index contributed by atoms with van der Waals surface area (Å²) in [6.07, 6.45) is 1.28. The lowest BCUT2D eigenvalue weighted by Crippen LogP contribution is -2.07. The van der Waals surface area contributed by atoms with E-state index < -0.39 is 0 Å². The van der Waals surface area contributed by atoms with Gasteiger partial charge >= 0.3 is 0 Å². The Hall–Kier alpha value is -1.71. The van der Waals surface area contributed by atoms with E-state index in [0.29, 0.717) is 25.1 Å². The van der Waals surface area contributed by atoms with E-state index in [-0.39, 0.29) is 6.61 Å². The number of hydrogen-bond acceptors (Lipinski definition) is 5. The summed E-state index contributed by atoms with van der Waals surface area (Å²) in [5, 5.41) is 27.6. The molecule has 0 unspecified atom stereocenters. The summed E-state index contributed by atoms with van der Waals surface area (Å²) in [7, 11) is 0. The van der Waals surface area contributed by atoms with Crippen LogP contribution >= 0.6 is 11.3 Å². The molecule has 2 heterocycles. The van der Waals surface area contributed by atoms with Crippen molar-refractivity contribution >= 4 is 11.3 Å². The van der Waals surface area contributed by atoms with Crippen molar-refractivity contribution in [3.05, 3.63) is 33.8 Å². The third kappa shape index (κ3) is 2.70. The first-order valence-electron chi connectivity index (χ1n) is 5.31. The van der Waals surface area contributed by atoms with Crippen molar-refractivity contribution < 1.29 is 5.11 Å². The van der Waals surface area contributed by atoms with Gasteiger partial charge in [-0.3, -0.25) is 0 Å². The second-order valence-electron chi connectivity index (χ2n) is 3.55. The fraction of sp³-hybridized carbons (Fsp3) is 0.364. The van der Waals surface area contributed by atoms with Crippen LogP contribution in [0, 0.1) is 11.3 Å². The average molecular weight is 248 g/mol. The molecule has 0 saturated heterocycles. The van der Waals surface area contributed by atoms with Crippen molar-refractivity contribution in [3.63, 3.8) is 0 Å². The monoisotopic (exact) mass is 248 g/mol. The van der Waals surface area contributed by atoms with E-state index in [1.807, 2.05) is 17.5 Å². The van der Waals surface area contributed by atoms with Gasteiger partial charge in [-0.15, -0.1) is 16.4 Å². The number of aliphatic hydroxyl groups excluding tert-OH is 1. The van der Waals surface area contributed by atoms with Crippen LogP contribution in [0.2, 0.25) is 0 Å². The van der Waals surface area contributed by atoms with Crippen molar-refractivity contribution in [1.82, 2.24) is 15.0 Å². The lowest BCUT2D eigenvalue weighted by molar-refractivity contribution is 0.275. The highest BCUT2D eigenvalue weighted by Crippen LogP contribution is 2.16. The number of thiophene rings is 1. The Morgan fingerprint density at radius 2 is 2.41 bits per heavy atom. The van der Waals surface area contributed by atoms with E-state index in [1.165, 1.54) is 4.88 Å². The van der Waals surface area contributed by atoms with E-state index in [0.717, 1.165) is 5.69 Å². The lowest BCUT2D eigenvalue weighted by atomic mass is 10.2. The molecule has 0 atom stereocenters. The first-order valence-corrected chi connectivity index (χ1v) is 6.19. The highest BCUT2D eigenvalue weighted by atomic mass is 32.1. The zero-order valence-electron chi connectivity index (χ0n) is 9.20. The molecular weight excluding hydrogens is 236 g/mol. The van der Waals surface area contributed by atoms with Gasteiger partial charge in [0.1, 0.15) is 6.07 Å². The third-order valence-electron chi connectivity index (χ3n) is 2.39. The van der Waals surface area contributed by atoms with Crippen molar-refractivity contribution in [2.45, 2.75) is 19.4 Å². The predicted octanol–water partition coefficient (Wildman–Crippen LogP) is 1.18. The van der Waals surface area contributed by atoms with Crippen LogP contribution < -0.4 is 0 Å². The quantitative estimate of drug-likeness (QED) is 0.862. The Labute approximate surface area is 103 Å². The highest BCUT2D eigenvalue weighted by molar-refractivity contribution is 7.09. The van der Waals surface area contributed by atoms with E-state index in [2.05, 4.69) is 16.4 Å². The first kappa shape index (κ1) is 11.8. The molecule has 88 valence electrons. The topological polar surface area (TPSA) is 74.7 Å². The fourth-order valence-electron chi connectivity index (χ4n) is 1.57. The van der Waals surface area contributed by atoms with Gasteiger partial charge in [-0.2, -0.15) is 5.26 Å². The Morgan fingerprint density at radius 3 is 3.06 bits per heavy atom. The maximum absolute atomic E-state index is 8.97. The van der Waals surface area contributed by atoms with Gasteiger partial charge in [0.05, 0.1) is 5.69 Å². The fourth-order valence-corrected chi connectivity index (χ4v) is 2.28. The van der Waals surface area contributed by atoms with Gasteiger partial charge in [-0.1, -0.05) is 11.3 Å². The number of aliphatic hydroxyl groups is 1. The molecule has 0 fully saturated rings. The molecule has 0 bridgehead atoms. The van der Waals surface area contributed by atoms with Crippen LogP contribution in [0.15, 0.2) is 17.5 Å². The van der Waals surface area contributed by atoms with Gasteiger partial charge in [0.2, 0.25) is 0 Å². The molecule has 0 radical (unpaired) electrons. The molecule has 0 aliphatic rings. The normalized spacial score (nSPS) is 10.4. The van der Waals surface area contributed by atoms with Crippen LogP contribution in [0.1, 0.15) is 22.7 Å². The minimum Gasteiger partial charge on any atom is -0.396 e. The van der Waals surface area contributed by atoms with Crippen LogP contribution in [0.25, 0.3) is 0 Å². The molecule has 2 aromatic rings. The summed E-state index contributed by atoms with van der Waals surface area (Å²) < 4.78 is 1.70. The molecular formula is C11H12N4OS. The molecule has 2 rings (SSSR count). The number of nitriles is 1. The van der Waals surface area contributed by atoms with E-state index >= 15 is 0 Å². The van der Waals surface area contributed by atoms with E-state index in [4.69, 9.17) is 10.4 Å². The maximum Gasteiger partial charge on any atom is 0.186 e. The summed E-state index contributed by atoms with van der Waals surface area (Å²) in [6.45, 7) is 0.700. The maximum atomic E-state index is 8.97.